The quantitative estimate of drug-likeness (QED) is 0.746. The maximum absolute atomic E-state index is 11.3. The molecule has 0 aliphatic heterocycles. The van der Waals surface area contributed by atoms with Crippen molar-refractivity contribution in [3.63, 3.8) is 0 Å². The number of sulfone groups is 1. The molecule has 0 aliphatic rings. The van der Waals surface area contributed by atoms with Crippen molar-refractivity contribution in [1.29, 1.82) is 0 Å². The normalized spacial score (nSPS) is 11.4. The zero-order valence-corrected chi connectivity index (χ0v) is 11.1. The topological polar surface area (TPSA) is 55.4 Å². The molecule has 0 aliphatic carbocycles. The second kappa shape index (κ2) is 6.61. The van der Waals surface area contributed by atoms with Crippen molar-refractivity contribution in [1.82, 2.24) is 5.32 Å². The van der Waals surface area contributed by atoms with Crippen molar-refractivity contribution >= 4 is 9.84 Å². The summed E-state index contributed by atoms with van der Waals surface area (Å²) in [6.45, 7) is 2.74. The maximum Gasteiger partial charge on any atom is 0.151 e. The minimum atomic E-state index is -2.88. The fourth-order valence-corrected chi connectivity index (χ4v) is 2.19. The molecule has 0 aromatic heterocycles. The summed E-state index contributed by atoms with van der Waals surface area (Å²) in [5.41, 5.74) is 1.03. The highest BCUT2D eigenvalue weighted by Gasteiger charge is 2.06. The Morgan fingerprint density at radius 1 is 1.29 bits per heavy atom. The van der Waals surface area contributed by atoms with Gasteiger partial charge in [0.25, 0.3) is 0 Å². The van der Waals surface area contributed by atoms with Crippen LogP contribution in [0.25, 0.3) is 0 Å². The number of methoxy groups -OCH3 is 1. The third-order valence-corrected chi connectivity index (χ3v) is 4.24. The van der Waals surface area contributed by atoms with E-state index >= 15 is 0 Å². The van der Waals surface area contributed by atoms with Gasteiger partial charge in [-0.05, 0) is 6.07 Å². The van der Waals surface area contributed by atoms with Crippen LogP contribution >= 0.6 is 0 Å². The van der Waals surface area contributed by atoms with Crippen LogP contribution in [0.1, 0.15) is 12.5 Å². The summed E-state index contributed by atoms with van der Waals surface area (Å²) in [6, 6.07) is 7.69. The van der Waals surface area contributed by atoms with Crippen molar-refractivity contribution in [2.24, 2.45) is 0 Å². The smallest absolute Gasteiger partial charge is 0.151 e. The lowest BCUT2D eigenvalue weighted by Gasteiger charge is -2.09. The molecule has 1 N–H and O–H groups in total. The van der Waals surface area contributed by atoms with Gasteiger partial charge in [-0.3, -0.25) is 0 Å². The summed E-state index contributed by atoms with van der Waals surface area (Å²) in [7, 11) is -1.26. The van der Waals surface area contributed by atoms with Crippen LogP contribution in [0.15, 0.2) is 24.3 Å². The standard InChI is InChI=1S/C12H19NO3S/c1-3-17(14,15)9-8-13-10-11-6-4-5-7-12(11)16-2/h4-7,13H,3,8-10H2,1-2H3. The minimum Gasteiger partial charge on any atom is -0.496 e. The van der Waals surface area contributed by atoms with Gasteiger partial charge in [-0.1, -0.05) is 25.1 Å². The number of hydrogen-bond acceptors (Lipinski definition) is 4. The van der Waals surface area contributed by atoms with Crippen LogP contribution in [-0.4, -0.2) is 33.6 Å². The van der Waals surface area contributed by atoms with Crippen LogP contribution < -0.4 is 10.1 Å². The van der Waals surface area contributed by atoms with Gasteiger partial charge in [0.05, 0.1) is 12.9 Å². The first-order chi connectivity index (χ1) is 8.09. The third-order valence-electron chi connectivity index (χ3n) is 2.54. The second-order valence-electron chi connectivity index (χ2n) is 3.72. The van der Waals surface area contributed by atoms with E-state index in [1.165, 1.54) is 0 Å². The van der Waals surface area contributed by atoms with E-state index in [9.17, 15) is 8.42 Å². The maximum atomic E-state index is 11.3. The molecule has 0 amide bonds. The van der Waals surface area contributed by atoms with Crippen molar-refractivity contribution in [3.05, 3.63) is 29.8 Å². The Morgan fingerprint density at radius 3 is 2.65 bits per heavy atom. The number of hydrogen-bond donors (Lipinski definition) is 1. The van der Waals surface area contributed by atoms with E-state index < -0.39 is 9.84 Å². The SMILES string of the molecule is CCS(=O)(=O)CCNCc1ccccc1OC. The van der Waals surface area contributed by atoms with Crippen LogP contribution in [0.5, 0.6) is 5.75 Å². The first kappa shape index (κ1) is 14.0. The molecule has 0 unspecified atom stereocenters. The summed E-state index contributed by atoms with van der Waals surface area (Å²) in [4.78, 5) is 0. The molecule has 0 spiro atoms. The van der Waals surface area contributed by atoms with E-state index in [0.717, 1.165) is 11.3 Å². The second-order valence-corrected chi connectivity index (χ2v) is 6.20. The number of rotatable bonds is 7. The molecule has 17 heavy (non-hydrogen) atoms. The van der Waals surface area contributed by atoms with Crippen molar-refractivity contribution in [3.8, 4) is 5.75 Å². The van der Waals surface area contributed by atoms with E-state index in [4.69, 9.17) is 4.74 Å². The Hall–Kier alpha value is -1.07. The molecule has 0 saturated carbocycles. The van der Waals surface area contributed by atoms with Gasteiger partial charge in [0.2, 0.25) is 0 Å². The molecule has 4 nitrogen and oxygen atoms in total. The predicted octanol–water partition coefficient (Wildman–Crippen LogP) is 1.22. The zero-order chi connectivity index (χ0) is 12.7. The third kappa shape index (κ3) is 4.75. The molecule has 0 radical (unpaired) electrons. The first-order valence-electron chi connectivity index (χ1n) is 5.62. The van der Waals surface area contributed by atoms with E-state index in [0.29, 0.717) is 13.1 Å². The van der Waals surface area contributed by atoms with Gasteiger partial charge < -0.3 is 10.1 Å². The highest BCUT2D eigenvalue weighted by Crippen LogP contribution is 2.16. The van der Waals surface area contributed by atoms with E-state index in [2.05, 4.69) is 5.32 Å². The highest BCUT2D eigenvalue weighted by atomic mass is 32.2. The Bertz CT molecular complexity index is 443. The lowest BCUT2D eigenvalue weighted by Crippen LogP contribution is -2.23. The van der Waals surface area contributed by atoms with Crippen LogP contribution in [0.2, 0.25) is 0 Å². The lowest BCUT2D eigenvalue weighted by atomic mass is 10.2. The van der Waals surface area contributed by atoms with Crippen molar-refractivity contribution < 1.29 is 13.2 Å². The molecule has 5 heteroatoms. The minimum absolute atomic E-state index is 0.179. The Labute approximate surface area is 103 Å². The fourth-order valence-electron chi connectivity index (χ4n) is 1.44. The Morgan fingerprint density at radius 2 is 2.00 bits per heavy atom. The van der Waals surface area contributed by atoms with Gasteiger partial charge >= 0.3 is 0 Å². The largest absolute Gasteiger partial charge is 0.496 e. The van der Waals surface area contributed by atoms with Gasteiger partial charge in [-0.15, -0.1) is 0 Å². The van der Waals surface area contributed by atoms with Gasteiger partial charge in [0, 0.05) is 24.4 Å². The van der Waals surface area contributed by atoms with Crippen LogP contribution in [0.4, 0.5) is 0 Å². The summed E-state index contributed by atoms with van der Waals surface area (Å²) in [5, 5.41) is 3.11. The molecule has 0 atom stereocenters. The fraction of sp³-hybridized carbons (Fsp3) is 0.500. The summed E-state index contributed by atoms with van der Waals surface area (Å²) in [6.07, 6.45) is 0. The van der Waals surface area contributed by atoms with Crippen LogP contribution in [0.3, 0.4) is 0 Å². The molecular formula is C12H19NO3S. The average Bonchev–Trinajstić information content (AvgIpc) is 2.35. The van der Waals surface area contributed by atoms with Gasteiger partial charge in [0.1, 0.15) is 5.75 Å². The lowest BCUT2D eigenvalue weighted by molar-refractivity contribution is 0.408. The van der Waals surface area contributed by atoms with Gasteiger partial charge in [-0.2, -0.15) is 0 Å². The highest BCUT2D eigenvalue weighted by molar-refractivity contribution is 7.91. The van der Waals surface area contributed by atoms with E-state index in [1.807, 2.05) is 24.3 Å². The average molecular weight is 257 g/mol. The number of benzene rings is 1. The predicted molar refractivity (Wildman–Crippen MR) is 69.0 cm³/mol. The monoisotopic (exact) mass is 257 g/mol. The molecule has 0 bridgehead atoms. The summed E-state index contributed by atoms with van der Waals surface area (Å²) < 4.78 is 27.7. The molecule has 1 aromatic rings. The Balaban J connectivity index is 2.41. The van der Waals surface area contributed by atoms with Crippen molar-refractivity contribution in [2.45, 2.75) is 13.5 Å². The molecule has 0 heterocycles. The number of nitrogens with one attached hydrogen (secondary N) is 1. The number of ether oxygens (including phenoxy) is 1. The molecular weight excluding hydrogens is 238 g/mol. The molecule has 0 fully saturated rings. The van der Waals surface area contributed by atoms with Crippen LogP contribution in [0, 0.1) is 0 Å². The Kier molecular flexibility index (Phi) is 5.44. The van der Waals surface area contributed by atoms with E-state index in [-0.39, 0.29) is 11.5 Å². The summed E-state index contributed by atoms with van der Waals surface area (Å²) >= 11 is 0. The first-order valence-corrected chi connectivity index (χ1v) is 7.44. The zero-order valence-electron chi connectivity index (χ0n) is 10.3. The molecule has 96 valence electrons. The molecule has 1 rings (SSSR count). The number of para-hydroxylation sites is 1. The van der Waals surface area contributed by atoms with Crippen LogP contribution in [-0.2, 0) is 16.4 Å². The molecule has 1 aromatic carbocycles. The van der Waals surface area contributed by atoms with E-state index in [1.54, 1.807) is 14.0 Å². The summed E-state index contributed by atoms with van der Waals surface area (Å²) in [5.74, 6) is 1.19. The van der Waals surface area contributed by atoms with Gasteiger partial charge in [0.15, 0.2) is 9.84 Å². The van der Waals surface area contributed by atoms with Gasteiger partial charge in [-0.25, -0.2) is 8.42 Å². The molecule has 0 saturated heterocycles. The van der Waals surface area contributed by atoms with Crippen molar-refractivity contribution in [2.75, 3.05) is 25.2 Å².